The second-order valence-corrected chi connectivity index (χ2v) is 8.02. The van der Waals surface area contributed by atoms with Crippen molar-refractivity contribution < 1.29 is 22.7 Å². The zero-order chi connectivity index (χ0) is 19.1. The highest BCUT2D eigenvalue weighted by Crippen LogP contribution is 2.36. The van der Waals surface area contributed by atoms with Gasteiger partial charge in [0, 0.05) is 18.8 Å². The summed E-state index contributed by atoms with van der Waals surface area (Å²) in [5.74, 6) is 0.697. The van der Waals surface area contributed by atoms with E-state index in [1.807, 2.05) is 0 Å². The van der Waals surface area contributed by atoms with Crippen LogP contribution in [-0.4, -0.2) is 35.6 Å². The molecule has 1 amide bonds. The maximum Gasteiger partial charge on any atom is 0.265 e. The summed E-state index contributed by atoms with van der Waals surface area (Å²) in [6.45, 7) is 0. The molecule has 2 aromatic carbocycles. The van der Waals surface area contributed by atoms with Gasteiger partial charge in [0.2, 0.25) is 5.91 Å². The smallest absolute Gasteiger partial charge is 0.265 e. The largest absolute Gasteiger partial charge is 0.493 e. The van der Waals surface area contributed by atoms with Crippen molar-refractivity contribution in [1.29, 1.82) is 0 Å². The van der Waals surface area contributed by atoms with Crippen molar-refractivity contribution in [3.05, 3.63) is 40.9 Å². The third-order valence-corrected chi connectivity index (χ3v) is 6.40. The van der Waals surface area contributed by atoms with Gasteiger partial charge < -0.3 is 14.8 Å². The van der Waals surface area contributed by atoms with E-state index in [0.717, 1.165) is 4.31 Å². The normalized spacial score (nSPS) is 13.2. The Labute approximate surface area is 156 Å². The van der Waals surface area contributed by atoms with Gasteiger partial charge in [-0.2, -0.15) is 0 Å². The molecule has 7 nitrogen and oxygen atoms in total. The number of nitrogens with zero attached hydrogens (tertiary/aromatic N) is 1. The first-order valence-electron chi connectivity index (χ1n) is 7.61. The molecular weight excluding hydrogens is 380 g/mol. The van der Waals surface area contributed by atoms with Crippen LogP contribution in [0, 0.1) is 0 Å². The number of carbonyl (C=O) groups is 1. The molecule has 1 N–H and O–H groups in total. The monoisotopic (exact) mass is 396 g/mol. The van der Waals surface area contributed by atoms with E-state index in [4.69, 9.17) is 21.1 Å². The van der Waals surface area contributed by atoms with Gasteiger partial charge in [-0.25, -0.2) is 8.42 Å². The highest BCUT2D eigenvalue weighted by molar-refractivity contribution is 7.93. The summed E-state index contributed by atoms with van der Waals surface area (Å²) in [4.78, 5) is 11.5. The second-order valence-electron chi connectivity index (χ2n) is 5.68. The van der Waals surface area contributed by atoms with Crippen LogP contribution >= 0.6 is 11.6 Å². The number of ether oxygens (including phenoxy) is 2. The first kappa shape index (κ1) is 18.3. The van der Waals surface area contributed by atoms with E-state index in [9.17, 15) is 13.2 Å². The van der Waals surface area contributed by atoms with Gasteiger partial charge in [-0.3, -0.25) is 9.10 Å². The summed E-state index contributed by atoms with van der Waals surface area (Å²) in [6, 6.07) is 7.67. The van der Waals surface area contributed by atoms with Crippen LogP contribution in [0.2, 0.25) is 5.02 Å². The Balaban J connectivity index is 2.03. The summed E-state index contributed by atoms with van der Waals surface area (Å²) in [7, 11) is 0.447. The van der Waals surface area contributed by atoms with E-state index in [0.29, 0.717) is 28.4 Å². The molecule has 138 valence electrons. The van der Waals surface area contributed by atoms with Gasteiger partial charge >= 0.3 is 0 Å². The molecule has 26 heavy (non-hydrogen) atoms. The minimum atomic E-state index is -3.94. The van der Waals surface area contributed by atoms with Gasteiger partial charge in [-0.15, -0.1) is 0 Å². The number of amides is 1. The minimum absolute atomic E-state index is 0.0401. The van der Waals surface area contributed by atoms with Crippen LogP contribution in [0.25, 0.3) is 0 Å². The van der Waals surface area contributed by atoms with Crippen LogP contribution in [-0.2, 0) is 21.2 Å². The Morgan fingerprint density at radius 2 is 1.81 bits per heavy atom. The molecule has 0 bridgehead atoms. The number of benzene rings is 2. The van der Waals surface area contributed by atoms with Crippen molar-refractivity contribution in [3.63, 3.8) is 0 Å². The van der Waals surface area contributed by atoms with Gasteiger partial charge in [-0.05, 0) is 29.8 Å². The molecule has 9 heteroatoms. The van der Waals surface area contributed by atoms with E-state index in [-0.39, 0.29) is 22.2 Å². The van der Waals surface area contributed by atoms with Crippen molar-refractivity contribution in [1.82, 2.24) is 0 Å². The molecule has 1 heterocycles. The topological polar surface area (TPSA) is 84.9 Å². The maximum atomic E-state index is 13.1. The summed E-state index contributed by atoms with van der Waals surface area (Å²) in [5, 5.41) is 2.68. The molecule has 3 rings (SSSR count). The molecule has 0 spiro atoms. The fraction of sp³-hybridized carbons (Fsp3) is 0.235. The van der Waals surface area contributed by atoms with E-state index < -0.39 is 10.0 Å². The molecule has 0 atom stereocenters. The molecule has 0 aliphatic carbocycles. The number of hydrogen-bond acceptors (Lipinski definition) is 5. The molecule has 0 saturated carbocycles. The summed E-state index contributed by atoms with van der Waals surface area (Å²) >= 11 is 6.18. The Bertz CT molecular complexity index is 991. The number of methoxy groups -OCH3 is 2. The quantitative estimate of drug-likeness (QED) is 0.839. The second kappa shape index (κ2) is 6.69. The Morgan fingerprint density at radius 3 is 2.46 bits per heavy atom. The van der Waals surface area contributed by atoms with Crippen molar-refractivity contribution in [2.75, 3.05) is 30.9 Å². The van der Waals surface area contributed by atoms with Crippen LogP contribution < -0.4 is 19.1 Å². The van der Waals surface area contributed by atoms with Crippen molar-refractivity contribution in [2.45, 2.75) is 11.3 Å². The van der Waals surface area contributed by atoms with Crippen LogP contribution in [0.1, 0.15) is 5.56 Å². The predicted octanol–water partition coefficient (Wildman–Crippen LogP) is 2.68. The molecule has 1 aliphatic rings. The van der Waals surface area contributed by atoms with Crippen LogP contribution in [0.3, 0.4) is 0 Å². The first-order valence-corrected chi connectivity index (χ1v) is 9.43. The van der Waals surface area contributed by atoms with Gasteiger partial charge in [0.05, 0.1) is 31.4 Å². The molecule has 0 radical (unpaired) electrons. The highest BCUT2D eigenvalue weighted by Gasteiger charge is 2.28. The summed E-state index contributed by atoms with van der Waals surface area (Å²) < 4.78 is 37.6. The molecule has 2 aromatic rings. The van der Waals surface area contributed by atoms with Crippen LogP contribution in [0.15, 0.2) is 35.2 Å². The molecule has 0 saturated heterocycles. The number of sulfonamides is 1. The fourth-order valence-electron chi connectivity index (χ4n) is 2.73. The van der Waals surface area contributed by atoms with Crippen molar-refractivity contribution in [3.8, 4) is 11.5 Å². The number of anilines is 2. The van der Waals surface area contributed by atoms with E-state index >= 15 is 0 Å². The highest BCUT2D eigenvalue weighted by atomic mass is 35.5. The van der Waals surface area contributed by atoms with Crippen molar-refractivity contribution >= 4 is 38.9 Å². The SMILES string of the molecule is COc1ccc(N(C)S(=O)(=O)c2cc3c(cc2Cl)NC(=O)C3)cc1OC. The molecule has 1 aliphatic heterocycles. The number of nitrogens with one attached hydrogen (secondary N) is 1. The van der Waals surface area contributed by atoms with E-state index in [2.05, 4.69) is 5.32 Å². The third-order valence-electron chi connectivity index (χ3n) is 4.15. The van der Waals surface area contributed by atoms with E-state index in [1.165, 1.54) is 33.4 Å². The lowest BCUT2D eigenvalue weighted by Gasteiger charge is -2.21. The average Bonchev–Trinajstić information content (AvgIpc) is 2.98. The molecule has 0 unspecified atom stereocenters. The van der Waals surface area contributed by atoms with Crippen LogP contribution in [0.5, 0.6) is 11.5 Å². The Kier molecular flexibility index (Phi) is 4.72. The summed E-state index contributed by atoms with van der Waals surface area (Å²) in [6.07, 6.45) is 0.120. The van der Waals surface area contributed by atoms with Gasteiger partial charge in [0.15, 0.2) is 11.5 Å². The lowest BCUT2D eigenvalue weighted by Crippen LogP contribution is -2.27. The first-order chi connectivity index (χ1) is 12.3. The van der Waals surface area contributed by atoms with E-state index in [1.54, 1.807) is 18.2 Å². The summed E-state index contributed by atoms with van der Waals surface area (Å²) in [5.41, 5.74) is 1.51. The third kappa shape index (κ3) is 3.06. The zero-order valence-corrected chi connectivity index (χ0v) is 15.9. The number of hydrogen-bond donors (Lipinski definition) is 1. The van der Waals surface area contributed by atoms with Crippen LogP contribution in [0.4, 0.5) is 11.4 Å². The maximum absolute atomic E-state index is 13.1. The lowest BCUT2D eigenvalue weighted by atomic mass is 10.2. The van der Waals surface area contributed by atoms with Gasteiger partial charge in [0.25, 0.3) is 10.0 Å². The lowest BCUT2D eigenvalue weighted by molar-refractivity contribution is -0.115. The Morgan fingerprint density at radius 1 is 1.12 bits per heavy atom. The molecular formula is C17H17ClN2O5S. The molecule has 0 fully saturated rings. The molecule has 0 aromatic heterocycles. The van der Waals surface area contributed by atoms with Gasteiger partial charge in [0.1, 0.15) is 4.90 Å². The van der Waals surface area contributed by atoms with Crippen molar-refractivity contribution in [2.24, 2.45) is 0 Å². The fourth-order valence-corrected chi connectivity index (χ4v) is 4.47. The predicted molar refractivity (Wildman–Crippen MR) is 98.9 cm³/mol. The standard InChI is InChI=1S/C17H17ClN2O5S/c1-20(11-4-5-14(24-2)15(8-11)25-3)26(22,23)16-6-10-7-17(21)19-13(10)9-12(16)18/h4-6,8-9H,7H2,1-3H3,(H,19,21). The number of carbonyl (C=O) groups excluding carboxylic acids is 1. The van der Waals surface area contributed by atoms with Gasteiger partial charge in [-0.1, -0.05) is 11.6 Å². The number of halogens is 1. The minimum Gasteiger partial charge on any atom is -0.493 e. The zero-order valence-electron chi connectivity index (χ0n) is 14.4. The number of fused-ring (bicyclic) bond motifs is 1. The average molecular weight is 397 g/mol. The Hall–Kier alpha value is -2.45. The number of rotatable bonds is 5.